The SMILES string of the molecule is C[C@]12CCC(=O)C=C1CCC1C2CC[C@@]2(C)C1CC[C@]2(O)C(=O)COC(=O)CCC(=O)NCCc1ccc(O)cc1. The number of phenolic OH excluding ortho intramolecular Hbond substituents is 1. The molecule has 41 heavy (non-hydrogen) atoms. The van der Waals surface area contributed by atoms with Gasteiger partial charge in [0.1, 0.15) is 11.4 Å². The number of Topliss-reactive ketones (excluding diaryl/α,β-unsaturated/α-hetero) is 1. The third-order valence-electron chi connectivity index (χ3n) is 11.2. The molecule has 5 rings (SSSR count). The maximum Gasteiger partial charge on any atom is 0.306 e. The van der Waals surface area contributed by atoms with E-state index in [0.29, 0.717) is 37.6 Å². The maximum atomic E-state index is 13.4. The predicted molar refractivity (Wildman–Crippen MR) is 152 cm³/mol. The van der Waals surface area contributed by atoms with Crippen molar-refractivity contribution in [1.82, 2.24) is 5.32 Å². The maximum absolute atomic E-state index is 13.4. The molecule has 3 fully saturated rings. The number of fused-ring (bicyclic) bond motifs is 5. The van der Waals surface area contributed by atoms with E-state index in [2.05, 4.69) is 12.2 Å². The van der Waals surface area contributed by atoms with Crippen LogP contribution >= 0.6 is 0 Å². The summed E-state index contributed by atoms with van der Waals surface area (Å²) in [6, 6.07) is 6.74. The normalized spacial score (nSPS) is 34.1. The third kappa shape index (κ3) is 5.47. The van der Waals surface area contributed by atoms with E-state index >= 15 is 0 Å². The van der Waals surface area contributed by atoms with E-state index in [9.17, 15) is 29.4 Å². The van der Waals surface area contributed by atoms with Crippen molar-refractivity contribution in [2.24, 2.45) is 28.6 Å². The first kappa shape index (κ1) is 29.5. The number of phenols is 1. The van der Waals surface area contributed by atoms with Crippen molar-refractivity contribution in [3.8, 4) is 5.75 Å². The van der Waals surface area contributed by atoms with E-state index in [-0.39, 0.29) is 41.6 Å². The van der Waals surface area contributed by atoms with Gasteiger partial charge in [0.05, 0.1) is 6.42 Å². The van der Waals surface area contributed by atoms with Crippen LogP contribution in [0.2, 0.25) is 0 Å². The van der Waals surface area contributed by atoms with Crippen molar-refractivity contribution in [3.63, 3.8) is 0 Å². The Morgan fingerprint density at radius 2 is 1.71 bits per heavy atom. The average molecular weight is 566 g/mol. The predicted octanol–water partition coefficient (Wildman–Crippen LogP) is 4.21. The second kappa shape index (κ2) is 11.3. The van der Waals surface area contributed by atoms with Crippen LogP contribution in [0.1, 0.15) is 83.6 Å². The number of amides is 1. The molecule has 4 aliphatic carbocycles. The van der Waals surface area contributed by atoms with E-state index in [1.54, 1.807) is 24.3 Å². The number of allylic oxidation sites excluding steroid dienone is 1. The van der Waals surface area contributed by atoms with Gasteiger partial charge in [-0.3, -0.25) is 19.2 Å². The Kier molecular flexibility index (Phi) is 8.16. The molecule has 3 N–H and O–H groups in total. The van der Waals surface area contributed by atoms with Crippen LogP contribution in [0, 0.1) is 28.6 Å². The highest BCUT2D eigenvalue weighted by Gasteiger charge is 2.66. The monoisotopic (exact) mass is 565 g/mol. The number of hydrogen-bond acceptors (Lipinski definition) is 7. The highest BCUT2D eigenvalue weighted by molar-refractivity contribution is 5.92. The van der Waals surface area contributed by atoms with Gasteiger partial charge in [0.15, 0.2) is 12.4 Å². The summed E-state index contributed by atoms with van der Waals surface area (Å²) in [7, 11) is 0. The minimum absolute atomic E-state index is 0.0240. The Hall–Kier alpha value is -3.00. The summed E-state index contributed by atoms with van der Waals surface area (Å²) in [6.07, 6.45) is 8.46. The largest absolute Gasteiger partial charge is 0.508 e. The molecule has 1 amide bonds. The van der Waals surface area contributed by atoms with Crippen LogP contribution in [0.25, 0.3) is 0 Å². The Bertz CT molecular complexity index is 1240. The Balaban J connectivity index is 1.11. The summed E-state index contributed by atoms with van der Waals surface area (Å²) in [5, 5.41) is 23.9. The van der Waals surface area contributed by atoms with Gasteiger partial charge in [-0.15, -0.1) is 0 Å². The zero-order valence-electron chi connectivity index (χ0n) is 24.2. The Morgan fingerprint density at radius 3 is 2.46 bits per heavy atom. The molecule has 0 bridgehead atoms. The fraction of sp³-hybridized carbons (Fsp3) is 0.636. The Labute approximate surface area is 241 Å². The number of ketones is 2. The fourth-order valence-corrected chi connectivity index (χ4v) is 8.68. The van der Waals surface area contributed by atoms with Crippen LogP contribution < -0.4 is 5.32 Å². The first-order valence-corrected chi connectivity index (χ1v) is 15.2. The van der Waals surface area contributed by atoms with E-state index < -0.39 is 29.4 Å². The van der Waals surface area contributed by atoms with Crippen LogP contribution in [0.15, 0.2) is 35.9 Å². The average Bonchev–Trinajstić information content (AvgIpc) is 3.23. The molecule has 6 atom stereocenters. The summed E-state index contributed by atoms with van der Waals surface area (Å²) < 4.78 is 5.25. The topological polar surface area (TPSA) is 130 Å². The van der Waals surface area contributed by atoms with Crippen molar-refractivity contribution in [2.45, 2.75) is 90.1 Å². The summed E-state index contributed by atoms with van der Waals surface area (Å²) in [4.78, 5) is 50.0. The molecule has 8 heteroatoms. The van der Waals surface area contributed by atoms with Crippen LogP contribution in [0.5, 0.6) is 5.75 Å². The van der Waals surface area contributed by atoms with Gasteiger partial charge in [-0.05, 0) is 98.3 Å². The van der Waals surface area contributed by atoms with E-state index in [0.717, 1.165) is 44.1 Å². The molecule has 3 unspecified atom stereocenters. The molecule has 0 radical (unpaired) electrons. The number of nitrogens with one attached hydrogen (secondary N) is 1. The lowest BCUT2D eigenvalue weighted by Gasteiger charge is -2.58. The molecule has 8 nitrogen and oxygen atoms in total. The number of benzene rings is 1. The van der Waals surface area contributed by atoms with Gasteiger partial charge in [0.2, 0.25) is 11.7 Å². The summed E-state index contributed by atoms with van der Waals surface area (Å²) in [6.45, 7) is 4.27. The van der Waals surface area contributed by atoms with Gasteiger partial charge >= 0.3 is 5.97 Å². The van der Waals surface area contributed by atoms with E-state index in [1.165, 1.54) is 5.57 Å². The molecule has 1 aromatic rings. The second-order valence-electron chi connectivity index (χ2n) is 13.2. The van der Waals surface area contributed by atoms with Crippen molar-refractivity contribution >= 4 is 23.4 Å². The molecule has 3 saturated carbocycles. The van der Waals surface area contributed by atoms with Crippen LogP contribution in [0.4, 0.5) is 0 Å². The van der Waals surface area contributed by atoms with Crippen LogP contribution in [-0.2, 0) is 30.3 Å². The first-order valence-electron chi connectivity index (χ1n) is 15.2. The van der Waals surface area contributed by atoms with Crippen molar-refractivity contribution in [1.29, 1.82) is 0 Å². The number of hydrogen-bond donors (Lipinski definition) is 3. The number of rotatable bonds is 9. The quantitative estimate of drug-likeness (QED) is 0.383. The lowest BCUT2D eigenvalue weighted by molar-refractivity contribution is -0.170. The number of aliphatic hydroxyl groups is 1. The first-order chi connectivity index (χ1) is 19.5. The molecule has 4 aliphatic rings. The number of carbonyl (C=O) groups excluding carboxylic acids is 4. The molecular formula is C33H43NO7. The zero-order chi connectivity index (χ0) is 29.4. The molecular weight excluding hydrogens is 522 g/mol. The summed E-state index contributed by atoms with van der Waals surface area (Å²) >= 11 is 0. The molecule has 0 aromatic heterocycles. The number of aromatic hydroxyl groups is 1. The summed E-state index contributed by atoms with van der Waals surface area (Å²) in [5.41, 5.74) is 0.183. The molecule has 0 saturated heterocycles. The zero-order valence-corrected chi connectivity index (χ0v) is 24.2. The minimum atomic E-state index is -1.53. The molecule has 0 spiro atoms. The Morgan fingerprint density at radius 1 is 0.976 bits per heavy atom. The standard InChI is InChI=1S/C33H43NO7/c1-31-15-11-24(36)19-22(31)5-8-25-26(31)12-16-32(2)27(25)13-17-33(32,40)28(37)20-41-30(39)10-9-29(38)34-18-14-21-3-6-23(35)7-4-21/h3-4,6-7,19,25-27,35,40H,5,8-18,20H2,1-2H3,(H,34,38)/t25?,26?,27?,31-,32-,33-/m0/s1. The highest BCUT2D eigenvalue weighted by atomic mass is 16.5. The fourth-order valence-electron chi connectivity index (χ4n) is 8.68. The van der Waals surface area contributed by atoms with E-state index in [1.807, 2.05) is 13.0 Å². The number of ether oxygens (including phenoxy) is 1. The molecule has 222 valence electrons. The smallest absolute Gasteiger partial charge is 0.306 e. The number of carbonyl (C=O) groups is 4. The van der Waals surface area contributed by atoms with Crippen molar-refractivity contribution in [2.75, 3.05) is 13.2 Å². The lowest BCUT2D eigenvalue weighted by atomic mass is 9.46. The van der Waals surface area contributed by atoms with Gasteiger partial charge in [0.25, 0.3) is 0 Å². The third-order valence-corrected chi connectivity index (χ3v) is 11.2. The van der Waals surface area contributed by atoms with Gasteiger partial charge in [-0.1, -0.05) is 31.6 Å². The lowest BCUT2D eigenvalue weighted by Crippen LogP contribution is -2.58. The summed E-state index contributed by atoms with van der Waals surface area (Å²) in [5.74, 6) is 0.131. The molecule has 0 heterocycles. The van der Waals surface area contributed by atoms with Crippen molar-refractivity contribution in [3.05, 3.63) is 41.5 Å². The van der Waals surface area contributed by atoms with Gasteiger partial charge in [-0.25, -0.2) is 0 Å². The highest BCUT2D eigenvalue weighted by Crippen LogP contribution is 2.67. The number of esters is 1. The minimum Gasteiger partial charge on any atom is -0.508 e. The van der Waals surface area contributed by atoms with Gasteiger partial charge in [0, 0.05) is 24.8 Å². The van der Waals surface area contributed by atoms with E-state index in [4.69, 9.17) is 4.74 Å². The van der Waals surface area contributed by atoms with Crippen LogP contribution in [0.3, 0.4) is 0 Å². The van der Waals surface area contributed by atoms with Crippen LogP contribution in [-0.4, -0.2) is 52.4 Å². The molecule has 0 aliphatic heterocycles. The van der Waals surface area contributed by atoms with Gasteiger partial charge < -0.3 is 20.3 Å². The second-order valence-corrected chi connectivity index (χ2v) is 13.2. The van der Waals surface area contributed by atoms with Gasteiger partial charge in [-0.2, -0.15) is 0 Å². The molecule has 1 aromatic carbocycles. The van der Waals surface area contributed by atoms with Crippen molar-refractivity contribution < 1.29 is 34.1 Å².